The van der Waals surface area contributed by atoms with Crippen molar-refractivity contribution >= 4 is 0 Å². The Kier molecular flexibility index (Phi) is 3.81. The van der Waals surface area contributed by atoms with E-state index >= 15 is 0 Å². The Balaban J connectivity index is 2.15. The van der Waals surface area contributed by atoms with E-state index < -0.39 is 0 Å². The monoisotopic (exact) mass is 240 g/mol. The van der Waals surface area contributed by atoms with Gasteiger partial charge in [-0.15, -0.1) is 0 Å². The molecule has 0 aromatic rings. The molecule has 2 aliphatic rings. The molecular formula is C14H28N2O. The fraction of sp³-hybridized carbons (Fsp3) is 1.00. The third kappa shape index (κ3) is 2.25. The molecule has 17 heavy (non-hydrogen) atoms. The summed E-state index contributed by atoms with van der Waals surface area (Å²) >= 11 is 0. The molecule has 3 nitrogen and oxygen atoms in total. The van der Waals surface area contributed by atoms with Crippen molar-refractivity contribution in [3.63, 3.8) is 0 Å². The van der Waals surface area contributed by atoms with Gasteiger partial charge in [0.1, 0.15) is 0 Å². The predicted molar refractivity (Wildman–Crippen MR) is 70.8 cm³/mol. The van der Waals surface area contributed by atoms with Gasteiger partial charge in [0, 0.05) is 18.6 Å². The molecule has 1 saturated carbocycles. The lowest BCUT2D eigenvalue weighted by atomic mass is 9.58. The van der Waals surface area contributed by atoms with Crippen LogP contribution in [0.25, 0.3) is 0 Å². The van der Waals surface area contributed by atoms with Gasteiger partial charge in [-0.2, -0.15) is 0 Å². The van der Waals surface area contributed by atoms with Gasteiger partial charge >= 0.3 is 0 Å². The maximum absolute atomic E-state index is 9.83. The molecule has 2 rings (SSSR count). The summed E-state index contributed by atoms with van der Waals surface area (Å²) < 4.78 is 0. The van der Waals surface area contributed by atoms with Crippen LogP contribution < -0.4 is 5.73 Å². The zero-order valence-electron chi connectivity index (χ0n) is 11.4. The summed E-state index contributed by atoms with van der Waals surface area (Å²) in [5.74, 6) is 0. The van der Waals surface area contributed by atoms with Gasteiger partial charge < -0.3 is 10.8 Å². The number of aliphatic hydroxyl groups excluding tert-OH is 1. The van der Waals surface area contributed by atoms with E-state index in [4.69, 9.17) is 5.73 Å². The molecule has 3 atom stereocenters. The Morgan fingerprint density at radius 2 is 1.82 bits per heavy atom. The molecule has 1 aliphatic carbocycles. The number of hydrogen-bond acceptors (Lipinski definition) is 3. The van der Waals surface area contributed by atoms with E-state index in [2.05, 4.69) is 18.7 Å². The second-order valence-electron chi connectivity index (χ2n) is 6.48. The molecule has 0 radical (unpaired) electrons. The maximum atomic E-state index is 9.83. The van der Waals surface area contributed by atoms with Crippen molar-refractivity contribution in [2.75, 3.05) is 19.6 Å². The number of β-amino-alcohol motifs (C(OH)–C–C–N with tert-alkyl or cyclic N) is 1. The summed E-state index contributed by atoms with van der Waals surface area (Å²) in [6, 6.07) is 0. The van der Waals surface area contributed by atoms with Crippen LogP contribution in [-0.2, 0) is 0 Å². The van der Waals surface area contributed by atoms with Gasteiger partial charge in [0.25, 0.3) is 0 Å². The van der Waals surface area contributed by atoms with Crippen molar-refractivity contribution in [3.05, 3.63) is 0 Å². The van der Waals surface area contributed by atoms with Crippen LogP contribution in [0.2, 0.25) is 0 Å². The largest absolute Gasteiger partial charge is 0.390 e. The molecule has 100 valence electrons. The summed E-state index contributed by atoms with van der Waals surface area (Å²) in [4.78, 5) is 2.52. The second-order valence-corrected chi connectivity index (χ2v) is 6.48. The lowest BCUT2D eigenvalue weighted by molar-refractivity contribution is -0.0954. The van der Waals surface area contributed by atoms with Crippen LogP contribution in [0.4, 0.5) is 0 Å². The Bertz CT molecular complexity index is 267. The molecule has 3 N–H and O–H groups in total. The van der Waals surface area contributed by atoms with Gasteiger partial charge in [-0.25, -0.2) is 0 Å². The van der Waals surface area contributed by atoms with Crippen molar-refractivity contribution in [1.29, 1.82) is 0 Å². The maximum Gasteiger partial charge on any atom is 0.0789 e. The van der Waals surface area contributed by atoms with Crippen LogP contribution in [0.15, 0.2) is 0 Å². The van der Waals surface area contributed by atoms with Gasteiger partial charge in [-0.3, -0.25) is 4.90 Å². The average Bonchev–Trinajstić information content (AvgIpc) is 2.31. The van der Waals surface area contributed by atoms with Crippen LogP contribution in [0, 0.1) is 5.41 Å². The summed E-state index contributed by atoms with van der Waals surface area (Å²) in [6.07, 6.45) is 7.58. The number of rotatable bonds is 3. The van der Waals surface area contributed by atoms with Gasteiger partial charge in [0.2, 0.25) is 0 Å². The Labute approximate surface area is 105 Å². The molecule has 0 spiro atoms. The fourth-order valence-corrected chi connectivity index (χ4v) is 4.02. The van der Waals surface area contributed by atoms with E-state index in [1.165, 1.54) is 38.5 Å². The number of nitrogens with zero attached hydrogens (tertiary/aromatic N) is 1. The molecule has 2 fully saturated rings. The highest BCUT2D eigenvalue weighted by molar-refractivity contribution is 5.06. The molecule has 3 heteroatoms. The lowest BCUT2D eigenvalue weighted by Crippen LogP contribution is -2.63. The van der Waals surface area contributed by atoms with E-state index in [1.54, 1.807) is 0 Å². The summed E-state index contributed by atoms with van der Waals surface area (Å²) in [5.41, 5.74) is 6.28. The summed E-state index contributed by atoms with van der Waals surface area (Å²) in [5, 5.41) is 9.83. The van der Waals surface area contributed by atoms with Gasteiger partial charge in [-0.1, -0.05) is 19.8 Å². The van der Waals surface area contributed by atoms with E-state index in [9.17, 15) is 5.11 Å². The molecule has 1 saturated heterocycles. The summed E-state index contributed by atoms with van der Waals surface area (Å²) in [7, 11) is 0. The molecule has 0 aromatic heterocycles. The Morgan fingerprint density at radius 3 is 2.53 bits per heavy atom. The van der Waals surface area contributed by atoms with Crippen LogP contribution in [0.3, 0.4) is 0 Å². The Morgan fingerprint density at radius 1 is 1.18 bits per heavy atom. The topological polar surface area (TPSA) is 49.5 Å². The SMILES string of the molecule is CC12CCCCC1(C)N(CC(O)CN)CCC2. The van der Waals surface area contributed by atoms with Crippen LogP contribution in [0.1, 0.15) is 52.4 Å². The smallest absolute Gasteiger partial charge is 0.0789 e. The van der Waals surface area contributed by atoms with Crippen molar-refractivity contribution in [2.24, 2.45) is 11.1 Å². The minimum atomic E-state index is -0.365. The number of likely N-dealkylation sites (tertiary alicyclic amines) is 1. The highest BCUT2D eigenvalue weighted by Gasteiger charge is 2.51. The van der Waals surface area contributed by atoms with Crippen molar-refractivity contribution < 1.29 is 5.11 Å². The first kappa shape index (κ1) is 13.3. The van der Waals surface area contributed by atoms with Gasteiger partial charge in [0.15, 0.2) is 0 Å². The second kappa shape index (κ2) is 4.87. The quantitative estimate of drug-likeness (QED) is 0.790. The first-order valence-corrected chi connectivity index (χ1v) is 7.15. The van der Waals surface area contributed by atoms with Crippen LogP contribution >= 0.6 is 0 Å². The van der Waals surface area contributed by atoms with Crippen molar-refractivity contribution in [1.82, 2.24) is 4.90 Å². The highest BCUT2D eigenvalue weighted by atomic mass is 16.3. The van der Waals surface area contributed by atoms with E-state index in [0.717, 1.165) is 13.1 Å². The first-order valence-electron chi connectivity index (χ1n) is 7.15. The molecule has 0 bridgehead atoms. The van der Waals surface area contributed by atoms with E-state index in [-0.39, 0.29) is 11.6 Å². The highest BCUT2D eigenvalue weighted by Crippen LogP contribution is 2.52. The minimum Gasteiger partial charge on any atom is -0.390 e. The molecule has 3 unspecified atom stereocenters. The molecule has 0 aromatic carbocycles. The van der Waals surface area contributed by atoms with Gasteiger partial charge in [-0.05, 0) is 44.6 Å². The normalized spacial score (nSPS) is 40.9. The lowest BCUT2D eigenvalue weighted by Gasteiger charge is -2.59. The first-order chi connectivity index (χ1) is 8.02. The van der Waals surface area contributed by atoms with Crippen molar-refractivity contribution in [2.45, 2.75) is 64.0 Å². The number of piperidine rings is 1. The van der Waals surface area contributed by atoms with Crippen molar-refractivity contribution in [3.8, 4) is 0 Å². The minimum absolute atomic E-state index is 0.277. The Hall–Kier alpha value is -0.120. The molecule has 1 aliphatic heterocycles. The zero-order valence-corrected chi connectivity index (χ0v) is 11.4. The van der Waals surface area contributed by atoms with Crippen LogP contribution in [0.5, 0.6) is 0 Å². The molecule has 1 heterocycles. The third-order valence-corrected chi connectivity index (χ3v) is 5.50. The summed E-state index contributed by atoms with van der Waals surface area (Å²) in [6.45, 7) is 7.12. The van der Waals surface area contributed by atoms with Gasteiger partial charge in [0.05, 0.1) is 6.10 Å². The molecule has 0 amide bonds. The average molecular weight is 240 g/mol. The standard InChI is InChI=1S/C14H28N2O/c1-13-6-3-4-8-14(13,2)16(9-5-7-13)11-12(17)10-15/h12,17H,3-11,15H2,1-2H3. The third-order valence-electron chi connectivity index (χ3n) is 5.50. The zero-order chi connectivity index (χ0) is 12.5. The van der Waals surface area contributed by atoms with E-state index in [0.29, 0.717) is 12.0 Å². The predicted octanol–water partition coefficient (Wildman–Crippen LogP) is 1.74. The fourth-order valence-electron chi connectivity index (χ4n) is 4.02. The number of aliphatic hydroxyl groups is 1. The number of hydrogen-bond donors (Lipinski definition) is 2. The van der Waals surface area contributed by atoms with E-state index in [1.807, 2.05) is 0 Å². The van der Waals surface area contributed by atoms with Crippen LogP contribution in [-0.4, -0.2) is 41.3 Å². The number of nitrogens with two attached hydrogens (primary N) is 1. The molecular weight excluding hydrogens is 212 g/mol. The number of fused-ring (bicyclic) bond motifs is 1.